The molecule has 0 radical (unpaired) electrons. The van der Waals surface area contributed by atoms with Crippen LogP contribution in [0.4, 0.5) is 0 Å². The topological polar surface area (TPSA) is 33.5 Å². The summed E-state index contributed by atoms with van der Waals surface area (Å²) in [7, 11) is 2.06. The summed E-state index contributed by atoms with van der Waals surface area (Å²) in [6, 6.07) is 2.22. The van der Waals surface area contributed by atoms with Crippen LogP contribution >= 0.6 is 0 Å². The van der Waals surface area contributed by atoms with Gasteiger partial charge in [-0.15, -0.1) is 0 Å². The molecular weight excluding hydrogens is 276 g/mol. The molecule has 0 bridgehead atoms. The lowest BCUT2D eigenvalue weighted by atomic mass is 9.83. The molecule has 0 aromatic carbocycles. The van der Waals surface area contributed by atoms with Crippen molar-refractivity contribution >= 4 is 0 Å². The van der Waals surface area contributed by atoms with Crippen molar-refractivity contribution in [1.82, 2.24) is 19.6 Å². The average Bonchev–Trinajstić information content (AvgIpc) is 3.18. The van der Waals surface area contributed by atoms with Crippen LogP contribution < -0.4 is 0 Å². The third-order valence-electron chi connectivity index (χ3n) is 5.86. The van der Waals surface area contributed by atoms with Crippen LogP contribution in [0.25, 0.3) is 0 Å². The number of ether oxygens (including phenoxy) is 1. The highest BCUT2D eigenvalue weighted by Crippen LogP contribution is 2.40. The number of rotatable bonds is 4. The molecule has 4 rings (SSSR count). The van der Waals surface area contributed by atoms with Crippen LogP contribution in [-0.4, -0.2) is 64.0 Å². The van der Waals surface area contributed by atoms with E-state index in [1.165, 1.54) is 51.0 Å². The van der Waals surface area contributed by atoms with Crippen molar-refractivity contribution in [2.45, 2.75) is 50.8 Å². The van der Waals surface area contributed by atoms with E-state index < -0.39 is 0 Å². The number of hydrogen-bond donors (Lipinski definition) is 0. The fourth-order valence-corrected chi connectivity index (χ4v) is 4.48. The van der Waals surface area contributed by atoms with Gasteiger partial charge in [-0.3, -0.25) is 14.5 Å². The molecule has 3 aliphatic heterocycles. The lowest BCUT2D eigenvalue weighted by molar-refractivity contribution is -0.0433. The van der Waals surface area contributed by atoms with Crippen molar-refractivity contribution in [2.24, 2.45) is 7.05 Å². The second-order valence-corrected chi connectivity index (χ2v) is 7.42. The quantitative estimate of drug-likeness (QED) is 0.845. The van der Waals surface area contributed by atoms with Crippen molar-refractivity contribution in [1.29, 1.82) is 0 Å². The van der Waals surface area contributed by atoms with Gasteiger partial charge in [0.2, 0.25) is 0 Å². The molecule has 1 aromatic heterocycles. The molecule has 0 amide bonds. The van der Waals surface area contributed by atoms with Crippen LogP contribution in [0.15, 0.2) is 6.07 Å². The van der Waals surface area contributed by atoms with E-state index in [-0.39, 0.29) is 0 Å². The van der Waals surface area contributed by atoms with Gasteiger partial charge in [-0.05, 0) is 38.7 Å². The molecule has 2 unspecified atom stereocenters. The molecule has 0 saturated carbocycles. The van der Waals surface area contributed by atoms with Crippen molar-refractivity contribution in [3.05, 3.63) is 17.5 Å². The van der Waals surface area contributed by atoms with Crippen LogP contribution in [0.1, 0.15) is 37.1 Å². The van der Waals surface area contributed by atoms with Crippen LogP contribution in [0.5, 0.6) is 0 Å². The standard InChI is InChI=1S/C17H28N4O/c1-14-10-15(19(2)18-14)11-20-7-5-17(13-20)6-8-21(17)12-16-4-3-9-22-16/h10,16H,3-9,11-13H2,1-2H3. The van der Waals surface area contributed by atoms with Gasteiger partial charge in [0, 0.05) is 51.9 Å². The summed E-state index contributed by atoms with van der Waals surface area (Å²) >= 11 is 0. The Kier molecular flexibility index (Phi) is 3.75. The van der Waals surface area contributed by atoms with Crippen molar-refractivity contribution < 1.29 is 4.74 Å². The maximum absolute atomic E-state index is 5.84. The van der Waals surface area contributed by atoms with Crippen molar-refractivity contribution in [3.63, 3.8) is 0 Å². The monoisotopic (exact) mass is 304 g/mol. The van der Waals surface area contributed by atoms with Crippen LogP contribution in [0, 0.1) is 6.92 Å². The van der Waals surface area contributed by atoms with Gasteiger partial charge in [0.1, 0.15) is 0 Å². The molecule has 3 aliphatic rings. The molecule has 5 nitrogen and oxygen atoms in total. The van der Waals surface area contributed by atoms with E-state index in [1.807, 2.05) is 4.68 Å². The van der Waals surface area contributed by atoms with E-state index in [0.717, 1.165) is 25.4 Å². The summed E-state index contributed by atoms with van der Waals surface area (Å²) < 4.78 is 7.87. The summed E-state index contributed by atoms with van der Waals surface area (Å²) in [6.45, 7) is 8.92. The van der Waals surface area contributed by atoms with Crippen molar-refractivity contribution in [2.75, 3.05) is 32.8 Å². The Morgan fingerprint density at radius 1 is 1.36 bits per heavy atom. The Morgan fingerprint density at radius 2 is 2.23 bits per heavy atom. The second-order valence-electron chi connectivity index (χ2n) is 7.42. The Bertz CT molecular complexity index is 537. The van der Waals surface area contributed by atoms with E-state index in [1.54, 1.807) is 0 Å². The first-order valence-corrected chi connectivity index (χ1v) is 8.73. The largest absolute Gasteiger partial charge is 0.377 e. The highest BCUT2D eigenvalue weighted by atomic mass is 16.5. The number of aryl methyl sites for hydroxylation is 2. The van der Waals surface area contributed by atoms with Gasteiger partial charge in [0.25, 0.3) is 0 Å². The minimum atomic E-state index is 0.444. The van der Waals surface area contributed by atoms with Crippen LogP contribution in [0.3, 0.4) is 0 Å². The molecule has 4 heterocycles. The Balaban J connectivity index is 1.36. The summed E-state index contributed by atoms with van der Waals surface area (Å²) in [5, 5.41) is 4.47. The maximum atomic E-state index is 5.84. The number of hydrogen-bond acceptors (Lipinski definition) is 4. The van der Waals surface area contributed by atoms with E-state index in [2.05, 4.69) is 34.9 Å². The molecule has 1 spiro atoms. The zero-order valence-electron chi connectivity index (χ0n) is 13.9. The molecule has 1 aromatic rings. The van der Waals surface area contributed by atoms with Crippen LogP contribution in [-0.2, 0) is 18.3 Å². The van der Waals surface area contributed by atoms with Crippen molar-refractivity contribution in [3.8, 4) is 0 Å². The van der Waals surface area contributed by atoms with Gasteiger partial charge < -0.3 is 4.74 Å². The van der Waals surface area contributed by atoms with E-state index in [9.17, 15) is 0 Å². The van der Waals surface area contributed by atoms with Gasteiger partial charge in [0.15, 0.2) is 0 Å². The number of nitrogens with zero attached hydrogens (tertiary/aromatic N) is 4. The average molecular weight is 304 g/mol. The molecule has 3 fully saturated rings. The Morgan fingerprint density at radius 3 is 2.86 bits per heavy atom. The predicted molar refractivity (Wildman–Crippen MR) is 85.7 cm³/mol. The summed E-state index contributed by atoms with van der Waals surface area (Å²) in [5.74, 6) is 0. The number of likely N-dealkylation sites (tertiary alicyclic amines) is 2. The molecule has 122 valence electrons. The highest BCUT2D eigenvalue weighted by molar-refractivity contribution is 5.11. The fourth-order valence-electron chi connectivity index (χ4n) is 4.48. The molecular formula is C17H28N4O. The Labute approximate surface area is 133 Å². The first kappa shape index (κ1) is 14.7. The zero-order valence-corrected chi connectivity index (χ0v) is 13.9. The van der Waals surface area contributed by atoms with Gasteiger partial charge in [-0.2, -0.15) is 5.10 Å². The predicted octanol–water partition coefficient (Wildman–Crippen LogP) is 1.56. The smallest absolute Gasteiger partial charge is 0.0703 e. The Hall–Kier alpha value is -0.910. The molecule has 5 heteroatoms. The van der Waals surface area contributed by atoms with E-state index in [4.69, 9.17) is 4.74 Å². The lowest BCUT2D eigenvalue weighted by Crippen LogP contribution is -2.62. The first-order valence-electron chi connectivity index (χ1n) is 8.73. The SMILES string of the molecule is Cc1cc(CN2CCC3(CCN3CC3CCCO3)C2)n(C)n1. The van der Waals surface area contributed by atoms with Gasteiger partial charge >= 0.3 is 0 Å². The highest BCUT2D eigenvalue weighted by Gasteiger charge is 2.49. The molecule has 22 heavy (non-hydrogen) atoms. The summed E-state index contributed by atoms with van der Waals surface area (Å²) in [5.41, 5.74) is 2.90. The van der Waals surface area contributed by atoms with Gasteiger partial charge in [-0.25, -0.2) is 0 Å². The van der Waals surface area contributed by atoms with Gasteiger partial charge in [0.05, 0.1) is 17.5 Å². The third kappa shape index (κ3) is 2.59. The zero-order chi connectivity index (χ0) is 15.2. The molecule has 2 atom stereocenters. The maximum Gasteiger partial charge on any atom is 0.0703 e. The fraction of sp³-hybridized carbons (Fsp3) is 0.824. The lowest BCUT2D eigenvalue weighted by Gasteiger charge is -2.51. The third-order valence-corrected chi connectivity index (χ3v) is 5.86. The molecule has 0 aliphatic carbocycles. The van der Waals surface area contributed by atoms with E-state index >= 15 is 0 Å². The second kappa shape index (κ2) is 5.62. The normalized spacial score (nSPS) is 32.9. The van der Waals surface area contributed by atoms with E-state index in [0.29, 0.717) is 11.6 Å². The molecule has 0 N–H and O–H groups in total. The molecule has 3 saturated heterocycles. The van der Waals surface area contributed by atoms with Crippen LogP contribution in [0.2, 0.25) is 0 Å². The number of aromatic nitrogens is 2. The minimum absolute atomic E-state index is 0.444. The minimum Gasteiger partial charge on any atom is -0.377 e. The summed E-state index contributed by atoms with van der Waals surface area (Å²) in [6.07, 6.45) is 5.67. The first-order chi connectivity index (χ1) is 10.6. The summed E-state index contributed by atoms with van der Waals surface area (Å²) in [4.78, 5) is 5.32. The van der Waals surface area contributed by atoms with Gasteiger partial charge in [-0.1, -0.05) is 0 Å².